The summed E-state index contributed by atoms with van der Waals surface area (Å²) in [5.41, 5.74) is 0. The summed E-state index contributed by atoms with van der Waals surface area (Å²) >= 11 is 0. The van der Waals surface area contributed by atoms with Crippen molar-refractivity contribution in [3.63, 3.8) is 0 Å². The molecule has 0 saturated heterocycles. The molecule has 23 heavy (non-hydrogen) atoms. The molecule has 0 fully saturated rings. The van der Waals surface area contributed by atoms with Gasteiger partial charge in [0.05, 0.1) is 34.3 Å². The molecule has 0 aromatic rings. The van der Waals surface area contributed by atoms with Crippen LogP contribution in [-0.2, 0) is 14.3 Å². The molecular weight excluding hydrogens is 350 g/mol. The zero-order valence-electron chi connectivity index (χ0n) is 14.5. The molecule has 0 aliphatic heterocycles. The molecule has 8 nitrogen and oxygen atoms in total. The van der Waals surface area contributed by atoms with E-state index in [0.717, 1.165) is 12.8 Å². The van der Waals surface area contributed by atoms with Gasteiger partial charge in [-0.25, -0.2) is 18.6 Å². The molecule has 0 aliphatic rings. The Morgan fingerprint density at radius 3 is 1.78 bits per heavy atom. The van der Waals surface area contributed by atoms with E-state index in [1.807, 2.05) is 21.1 Å². The Morgan fingerprint density at radius 1 is 0.913 bits per heavy atom. The van der Waals surface area contributed by atoms with Crippen molar-refractivity contribution in [2.75, 3.05) is 40.0 Å². The van der Waals surface area contributed by atoms with Crippen molar-refractivity contribution in [1.29, 1.82) is 0 Å². The topological polar surface area (TPSA) is 136 Å². The fourth-order valence-corrected chi connectivity index (χ4v) is 2.77. The fourth-order valence-electron chi connectivity index (χ4n) is 1.51. The molecule has 0 heterocycles. The molecular formula is C13H30ClNO7S. The zero-order chi connectivity index (χ0) is 18.6. The third-order valence-electron chi connectivity index (χ3n) is 2.77. The Bertz CT molecular complexity index is 371. The van der Waals surface area contributed by atoms with Gasteiger partial charge in [0.1, 0.15) is 5.75 Å². The van der Waals surface area contributed by atoms with Crippen molar-refractivity contribution in [3.8, 4) is 0 Å². The number of nitrogens with zero attached hydrogens (tertiary/aromatic N) is 1. The first-order valence-electron chi connectivity index (χ1n) is 7.56. The highest BCUT2D eigenvalue weighted by atomic mass is 35.7. The lowest BCUT2D eigenvalue weighted by molar-refractivity contribution is -2.00. The van der Waals surface area contributed by atoms with Gasteiger partial charge in [0, 0.05) is 0 Å². The predicted molar refractivity (Wildman–Crippen MR) is 76.0 cm³/mol. The molecule has 0 atom stereocenters. The van der Waals surface area contributed by atoms with Crippen LogP contribution in [0, 0.1) is 10.2 Å². The minimum atomic E-state index is -4.94. The van der Waals surface area contributed by atoms with E-state index in [4.69, 9.17) is 22.8 Å². The molecule has 0 aromatic heterocycles. The largest absolute Gasteiger partial charge is 0.330 e. The van der Waals surface area contributed by atoms with E-state index in [2.05, 4.69) is 6.92 Å². The van der Waals surface area contributed by atoms with Crippen LogP contribution in [0.3, 0.4) is 0 Å². The summed E-state index contributed by atoms with van der Waals surface area (Å²) in [6, 6.07) is 0. The number of unbranched alkanes of at least 4 members (excludes halogenated alkanes) is 5. The Hall–Kier alpha value is -0.0000000000000000694. The number of hydrogen-bond acceptors (Lipinski definition) is 7. The third kappa shape index (κ3) is 30.4. The van der Waals surface area contributed by atoms with Crippen molar-refractivity contribution in [2.24, 2.45) is 0 Å². The second kappa shape index (κ2) is 12.4. The first-order valence-corrected chi connectivity index (χ1v) is 10.4. The second-order valence-corrected chi connectivity index (χ2v) is 8.76. The van der Waals surface area contributed by atoms with E-state index in [-0.39, 0.29) is 5.75 Å². The third-order valence-corrected chi connectivity index (χ3v) is 3.98. The highest BCUT2D eigenvalue weighted by molar-refractivity contribution is 7.86. The van der Waals surface area contributed by atoms with Crippen molar-refractivity contribution >= 4 is 10.1 Å². The summed E-state index contributed by atoms with van der Waals surface area (Å²) in [6.45, 7) is 3.11. The van der Waals surface area contributed by atoms with Crippen molar-refractivity contribution in [3.05, 3.63) is 0 Å². The molecule has 0 saturated carbocycles. The Balaban J connectivity index is 0. The van der Waals surface area contributed by atoms with Crippen LogP contribution >= 0.6 is 0 Å². The normalized spacial score (nSPS) is 12.7. The van der Waals surface area contributed by atoms with Crippen molar-refractivity contribution in [1.82, 2.24) is 0 Å². The van der Waals surface area contributed by atoms with Gasteiger partial charge in [-0.05, 0) is 6.42 Å². The van der Waals surface area contributed by atoms with Crippen LogP contribution in [0.25, 0.3) is 0 Å². The number of rotatable bonds is 11. The quantitative estimate of drug-likeness (QED) is 0.222. The molecule has 0 amide bonds. The maximum Gasteiger partial charge on any atom is 0.272 e. The van der Waals surface area contributed by atoms with E-state index >= 15 is 0 Å². The monoisotopic (exact) mass is 379 g/mol. The van der Waals surface area contributed by atoms with Crippen LogP contribution in [0.5, 0.6) is 0 Å². The fraction of sp³-hybridized carbons (Fsp3) is 1.00. The van der Waals surface area contributed by atoms with Gasteiger partial charge in [-0.15, -0.1) is 10.2 Å². The molecule has 0 radical (unpaired) electrons. The lowest BCUT2D eigenvalue weighted by Gasteiger charge is -2.23. The minimum absolute atomic E-state index is 0.104. The van der Waals surface area contributed by atoms with E-state index < -0.39 is 20.4 Å². The number of hydrogen-bond donors (Lipinski definition) is 0. The van der Waals surface area contributed by atoms with Crippen LogP contribution in [-0.4, -0.2) is 52.9 Å². The molecule has 0 rings (SSSR count). The lowest BCUT2D eigenvalue weighted by Crippen LogP contribution is -2.68. The van der Waals surface area contributed by atoms with Crippen LogP contribution < -0.4 is 18.6 Å². The van der Waals surface area contributed by atoms with Gasteiger partial charge < -0.3 is 4.48 Å². The van der Waals surface area contributed by atoms with E-state index in [9.17, 15) is 8.42 Å². The number of halogens is 1. The van der Waals surface area contributed by atoms with E-state index in [0.29, 0.717) is 17.6 Å². The van der Waals surface area contributed by atoms with Gasteiger partial charge in [-0.1, -0.05) is 39.0 Å². The molecule has 0 N–H and O–H groups in total. The lowest BCUT2D eigenvalue weighted by atomic mass is 10.1. The summed E-state index contributed by atoms with van der Waals surface area (Å²) in [7, 11) is -2.35. The van der Waals surface area contributed by atoms with Gasteiger partial charge in [-0.2, -0.15) is 8.42 Å². The summed E-state index contributed by atoms with van der Waals surface area (Å²) in [4.78, 5) is 0. The maximum absolute atomic E-state index is 11.6. The SMILES string of the molecule is CCCCCCCCOS(=O)(=O)CC[N+](C)(C)C.[O-][Cl+3]([O-])([O-])[O-]. The molecule has 0 unspecified atom stereocenters. The highest BCUT2D eigenvalue weighted by Crippen LogP contribution is 2.06. The molecule has 0 aliphatic carbocycles. The molecule has 0 aromatic carbocycles. The standard InChI is InChI=1S/C13H30NO3S.ClHO4/c1-5-6-7-8-9-10-12-17-18(15,16)13-11-14(2,3)4;2-1(3,4)5/h5-13H2,1-4H3;(H,2,3,4,5)/q+1;/p-1. The molecule has 0 spiro atoms. The van der Waals surface area contributed by atoms with Gasteiger partial charge in [0.15, 0.2) is 0 Å². The van der Waals surface area contributed by atoms with E-state index in [1.54, 1.807) is 0 Å². The Labute approximate surface area is 142 Å². The second-order valence-electron chi connectivity index (χ2n) is 6.24. The highest BCUT2D eigenvalue weighted by Gasteiger charge is 2.16. The maximum atomic E-state index is 11.6. The molecule has 142 valence electrons. The average molecular weight is 380 g/mol. The molecule has 10 heteroatoms. The van der Waals surface area contributed by atoms with Gasteiger partial charge in [-0.3, -0.25) is 4.18 Å². The molecule has 0 bridgehead atoms. The first kappa shape index (κ1) is 25.2. The van der Waals surface area contributed by atoms with Gasteiger partial charge in [0.25, 0.3) is 10.1 Å². The Morgan fingerprint density at radius 2 is 1.35 bits per heavy atom. The average Bonchev–Trinajstić information content (AvgIpc) is 2.33. The van der Waals surface area contributed by atoms with E-state index in [1.165, 1.54) is 25.7 Å². The predicted octanol–water partition coefficient (Wildman–Crippen LogP) is -2.36. The summed E-state index contributed by atoms with van der Waals surface area (Å²) < 4.78 is 62.8. The zero-order valence-corrected chi connectivity index (χ0v) is 16.0. The Kier molecular flexibility index (Phi) is 13.6. The minimum Gasteiger partial charge on any atom is -0.330 e. The van der Waals surface area contributed by atoms with Crippen LogP contribution in [0.2, 0.25) is 0 Å². The summed E-state index contributed by atoms with van der Waals surface area (Å²) in [5.74, 6) is 0.104. The van der Waals surface area contributed by atoms with Gasteiger partial charge in [0.2, 0.25) is 0 Å². The van der Waals surface area contributed by atoms with Gasteiger partial charge >= 0.3 is 0 Å². The van der Waals surface area contributed by atoms with Crippen LogP contribution in [0.1, 0.15) is 45.4 Å². The van der Waals surface area contributed by atoms with Crippen LogP contribution in [0.4, 0.5) is 0 Å². The smallest absolute Gasteiger partial charge is 0.272 e. The number of quaternary nitrogens is 1. The first-order chi connectivity index (χ1) is 10.3. The summed E-state index contributed by atoms with van der Waals surface area (Å²) in [5, 5.41) is 0. The van der Waals surface area contributed by atoms with Crippen molar-refractivity contribution in [2.45, 2.75) is 45.4 Å². The van der Waals surface area contributed by atoms with Crippen LogP contribution in [0.15, 0.2) is 0 Å². The summed E-state index contributed by atoms with van der Waals surface area (Å²) in [6.07, 6.45) is 6.82. The van der Waals surface area contributed by atoms with Crippen molar-refractivity contribution < 1.29 is 46.0 Å².